The highest BCUT2D eigenvalue weighted by Gasteiger charge is 2.25. The Balaban J connectivity index is 1.66. The quantitative estimate of drug-likeness (QED) is 0.763. The van der Waals surface area contributed by atoms with Crippen molar-refractivity contribution in [2.24, 2.45) is 0 Å². The highest BCUT2D eigenvalue weighted by molar-refractivity contribution is 5.82. The van der Waals surface area contributed by atoms with Crippen LogP contribution in [0.2, 0.25) is 0 Å². The Bertz CT molecular complexity index is 511. The lowest BCUT2D eigenvalue weighted by Gasteiger charge is -2.11. The summed E-state index contributed by atoms with van der Waals surface area (Å²) >= 11 is 0. The molecule has 1 aromatic carbocycles. The molecule has 1 aliphatic heterocycles. The molecule has 2 rings (SSSR count). The summed E-state index contributed by atoms with van der Waals surface area (Å²) in [4.78, 5) is 23.2. The molecule has 0 aliphatic carbocycles. The van der Waals surface area contributed by atoms with Gasteiger partial charge in [-0.05, 0) is 30.9 Å². The Hall–Kier alpha value is -2.08. The number of rotatable bonds is 7. The molecule has 1 saturated heterocycles. The van der Waals surface area contributed by atoms with Gasteiger partial charge in [-0.25, -0.2) is 4.79 Å². The van der Waals surface area contributed by atoms with Crippen LogP contribution in [-0.4, -0.2) is 44.8 Å². The van der Waals surface area contributed by atoms with Gasteiger partial charge in [0.05, 0.1) is 7.11 Å². The molecular weight excluding hydrogens is 286 g/mol. The summed E-state index contributed by atoms with van der Waals surface area (Å²) in [6.45, 7) is 0.756. The average Bonchev–Trinajstić information content (AvgIpc) is 3.07. The van der Waals surface area contributed by atoms with E-state index in [2.05, 4.69) is 5.32 Å². The van der Waals surface area contributed by atoms with E-state index in [-0.39, 0.29) is 12.5 Å². The van der Waals surface area contributed by atoms with Crippen molar-refractivity contribution in [3.8, 4) is 5.75 Å². The van der Waals surface area contributed by atoms with Crippen LogP contribution in [0.1, 0.15) is 18.4 Å². The molecule has 1 atom stereocenters. The Morgan fingerprint density at radius 1 is 1.36 bits per heavy atom. The van der Waals surface area contributed by atoms with Crippen molar-refractivity contribution in [1.82, 2.24) is 5.32 Å². The molecule has 0 aromatic heterocycles. The molecule has 0 radical (unpaired) electrons. The Morgan fingerprint density at radius 2 is 2.18 bits per heavy atom. The highest BCUT2D eigenvalue weighted by atomic mass is 16.6. The Labute approximate surface area is 129 Å². The van der Waals surface area contributed by atoms with Gasteiger partial charge in [0.15, 0.2) is 12.7 Å². The van der Waals surface area contributed by atoms with Crippen molar-refractivity contribution in [1.29, 1.82) is 0 Å². The standard InChI is InChI=1S/C16H21NO5/c1-20-13-6-3-2-5-12(13)8-9-17-15(18)11-22-16(19)14-7-4-10-21-14/h2-3,5-6,14H,4,7-11H2,1H3,(H,17,18)/t14-/m0/s1. The third kappa shape index (κ3) is 4.73. The zero-order valence-electron chi connectivity index (χ0n) is 12.7. The van der Waals surface area contributed by atoms with Crippen LogP contribution in [0.25, 0.3) is 0 Å². The summed E-state index contributed by atoms with van der Waals surface area (Å²) in [7, 11) is 1.61. The predicted octanol–water partition coefficient (Wildman–Crippen LogP) is 1.08. The molecule has 6 heteroatoms. The van der Waals surface area contributed by atoms with Gasteiger partial charge in [-0.3, -0.25) is 4.79 Å². The fourth-order valence-corrected chi connectivity index (χ4v) is 2.29. The van der Waals surface area contributed by atoms with E-state index in [1.54, 1.807) is 7.11 Å². The van der Waals surface area contributed by atoms with Crippen LogP contribution < -0.4 is 10.1 Å². The lowest BCUT2D eigenvalue weighted by Crippen LogP contribution is -2.32. The first-order chi connectivity index (χ1) is 10.7. The molecule has 1 fully saturated rings. The smallest absolute Gasteiger partial charge is 0.335 e. The number of benzene rings is 1. The summed E-state index contributed by atoms with van der Waals surface area (Å²) in [5.41, 5.74) is 1.02. The first-order valence-corrected chi connectivity index (χ1v) is 7.37. The van der Waals surface area contributed by atoms with Gasteiger partial charge < -0.3 is 19.5 Å². The number of esters is 1. The maximum absolute atomic E-state index is 11.6. The molecule has 0 saturated carbocycles. The van der Waals surface area contributed by atoms with E-state index in [1.807, 2.05) is 24.3 Å². The topological polar surface area (TPSA) is 73.9 Å². The van der Waals surface area contributed by atoms with Crippen molar-refractivity contribution in [2.75, 3.05) is 26.9 Å². The fourth-order valence-electron chi connectivity index (χ4n) is 2.29. The summed E-state index contributed by atoms with van der Waals surface area (Å²) in [6.07, 6.45) is 1.65. The summed E-state index contributed by atoms with van der Waals surface area (Å²) in [5, 5.41) is 2.72. The van der Waals surface area contributed by atoms with E-state index < -0.39 is 12.1 Å². The molecule has 0 spiro atoms. The first-order valence-electron chi connectivity index (χ1n) is 7.37. The van der Waals surface area contributed by atoms with Crippen molar-refractivity contribution in [2.45, 2.75) is 25.4 Å². The molecule has 1 heterocycles. The zero-order chi connectivity index (χ0) is 15.8. The molecular formula is C16H21NO5. The average molecular weight is 307 g/mol. The minimum Gasteiger partial charge on any atom is -0.496 e. The van der Waals surface area contributed by atoms with Crippen LogP contribution in [-0.2, 0) is 25.5 Å². The molecule has 6 nitrogen and oxygen atoms in total. The number of amides is 1. The lowest BCUT2D eigenvalue weighted by molar-refractivity contribution is -0.157. The van der Waals surface area contributed by atoms with Crippen molar-refractivity contribution < 1.29 is 23.8 Å². The maximum atomic E-state index is 11.6. The summed E-state index contributed by atoms with van der Waals surface area (Å²) in [5.74, 6) is 0.0141. The van der Waals surface area contributed by atoms with E-state index in [1.165, 1.54) is 0 Å². The number of carbonyl (C=O) groups excluding carboxylic acids is 2. The molecule has 1 aliphatic rings. The first kappa shape index (κ1) is 16.3. The van der Waals surface area contributed by atoms with Gasteiger partial charge in [0.25, 0.3) is 5.91 Å². The van der Waals surface area contributed by atoms with Gasteiger partial charge in [0, 0.05) is 13.2 Å². The fraction of sp³-hybridized carbons (Fsp3) is 0.500. The van der Waals surface area contributed by atoms with Gasteiger partial charge in [-0.1, -0.05) is 18.2 Å². The molecule has 22 heavy (non-hydrogen) atoms. The molecule has 1 N–H and O–H groups in total. The zero-order valence-corrected chi connectivity index (χ0v) is 12.7. The van der Waals surface area contributed by atoms with Gasteiger partial charge in [0.1, 0.15) is 5.75 Å². The SMILES string of the molecule is COc1ccccc1CCNC(=O)COC(=O)[C@@H]1CCCO1. The second-order valence-corrected chi connectivity index (χ2v) is 5.02. The number of hydrogen-bond donors (Lipinski definition) is 1. The number of methoxy groups -OCH3 is 1. The van der Waals surface area contributed by atoms with E-state index in [9.17, 15) is 9.59 Å². The summed E-state index contributed by atoms with van der Waals surface area (Å²) < 4.78 is 15.4. The Kier molecular flexibility index (Phi) is 6.21. The van der Waals surface area contributed by atoms with Crippen LogP contribution >= 0.6 is 0 Å². The molecule has 0 unspecified atom stereocenters. The highest BCUT2D eigenvalue weighted by Crippen LogP contribution is 2.17. The second-order valence-electron chi connectivity index (χ2n) is 5.02. The van der Waals surface area contributed by atoms with E-state index >= 15 is 0 Å². The summed E-state index contributed by atoms with van der Waals surface area (Å²) in [6, 6.07) is 7.64. The second kappa shape index (κ2) is 8.38. The number of ether oxygens (including phenoxy) is 3. The van der Waals surface area contributed by atoms with Crippen LogP contribution in [0, 0.1) is 0 Å². The molecule has 1 aromatic rings. The third-order valence-corrected chi connectivity index (χ3v) is 3.45. The van der Waals surface area contributed by atoms with Gasteiger partial charge in [0.2, 0.25) is 0 Å². The van der Waals surface area contributed by atoms with Gasteiger partial charge in [-0.15, -0.1) is 0 Å². The monoisotopic (exact) mass is 307 g/mol. The predicted molar refractivity (Wildman–Crippen MR) is 79.6 cm³/mol. The van der Waals surface area contributed by atoms with Crippen LogP contribution in [0.5, 0.6) is 5.75 Å². The van der Waals surface area contributed by atoms with E-state index in [0.29, 0.717) is 26.0 Å². The van der Waals surface area contributed by atoms with E-state index in [0.717, 1.165) is 17.7 Å². The molecule has 1 amide bonds. The van der Waals surface area contributed by atoms with Gasteiger partial charge >= 0.3 is 5.97 Å². The Morgan fingerprint density at radius 3 is 2.91 bits per heavy atom. The van der Waals surface area contributed by atoms with Crippen LogP contribution in [0.15, 0.2) is 24.3 Å². The van der Waals surface area contributed by atoms with Crippen molar-refractivity contribution in [3.63, 3.8) is 0 Å². The minimum atomic E-state index is -0.513. The number of hydrogen-bond acceptors (Lipinski definition) is 5. The molecule has 120 valence electrons. The maximum Gasteiger partial charge on any atom is 0.335 e. The van der Waals surface area contributed by atoms with Gasteiger partial charge in [-0.2, -0.15) is 0 Å². The largest absolute Gasteiger partial charge is 0.496 e. The van der Waals surface area contributed by atoms with Crippen molar-refractivity contribution >= 4 is 11.9 Å². The normalized spacial score (nSPS) is 17.0. The number of carbonyl (C=O) groups is 2. The van der Waals surface area contributed by atoms with Crippen molar-refractivity contribution in [3.05, 3.63) is 29.8 Å². The van der Waals surface area contributed by atoms with E-state index in [4.69, 9.17) is 14.2 Å². The molecule has 0 bridgehead atoms. The minimum absolute atomic E-state index is 0.273. The van der Waals surface area contributed by atoms with Crippen LogP contribution in [0.3, 0.4) is 0 Å². The van der Waals surface area contributed by atoms with Crippen LogP contribution in [0.4, 0.5) is 0 Å². The third-order valence-electron chi connectivity index (χ3n) is 3.45. The lowest BCUT2D eigenvalue weighted by atomic mass is 10.1. The number of para-hydroxylation sites is 1. The number of nitrogens with one attached hydrogen (secondary N) is 1.